The summed E-state index contributed by atoms with van der Waals surface area (Å²) in [6.07, 6.45) is 2.00. The molecular weight excluding hydrogens is 473 g/mol. The smallest absolute Gasteiger partial charge is 0.355 e. The maximum atomic E-state index is 13.0. The lowest BCUT2D eigenvalue weighted by atomic mass is 9.93. The number of aryl methyl sites for hydroxylation is 1. The van der Waals surface area contributed by atoms with E-state index in [1.807, 2.05) is 9.80 Å². The van der Waals surface area contributed by atoms with Crippen LogP contribution in [-0.2, 0) is 18.0 Å². The number of alkyl halides is 3. The SMILES string of the molecule is Cn1cc(C(=O)NC2CCN(C(=O)C3CCN(c4ncc(C(F)(F)F)cc4Cl)CC3)CC2)cn1. The van der Waals surface area contributed by atoms with Crippen molar-refractivity contribution in [2.45, 2.75) is 37.9 Å². The second-order valence-electron chi connectivity index (χ2n) is 8.76. The molecule has 0 saturated carbocycles. The van der Waals surface area contributed by atoms with Crippen molar-refractivity contribution in [1.82, 2.24) is 25.0 Å². The van der Waals surface area contributed by atoms with Gasteiger partial charge in [-0.1, -0.05) is 11.6 Å². The van der Waals surface area contributed by atoms with Gasteiger partial charge in [0.15, 0.2) is 0 Å². The van der Waals surface area contributed by atoms with Crippen LogP contribution in [0, 0.1) is 5.92 Å². The van der Waals surface area contributed by atoms with Crippen LogP contribution in [0.5, 0.6) is 0 Å². The highest BCUT2D eigenvalue weighted by Crippen LogP contribution is 2.35. The van der Waals surface area contributed by atoms with Gasteiger partial charge < -0.3 is 15.1 Å². The van der Waals surface area contributed by atoms with Gasteiger partial charge in [0.05, 0.1) is 22.3 Å². The number of nitrogens with zero attached hydrogens (tertiary/aromatic N) is 5. The molecule has 184 valence electrons. The average Bonchev–Trinajstić information content (AvgIpc) is 3.25. The Morgan fingerprint density at radius 2 is 1.76 bits per heavy atom. The van der Waals surface area contributed by atoms with Crippen molar-refractivity contribution in [2.24, 2.45) is 13.0 Å². The largest absolute Gasteiger partial charge is 0.417 e. The molecule has 0 unspecified atom stereocenters. The number of carbonyl (C=O) groups excluding carboxylic acids is 2. The van der Waals surface area contributed by atoms with Crippen LogP contribution in [0.3, 0.4) is 0 Å². The van der Waals surface area contributed by atoms with Gasteiger partial charge in [-0.25, -0.2) is 4.98 Å². The third-order valence-corrected chi connectivity index (χ3v) is 6.68. The first-order valence-corrected chi connectivity index (χ1v) is 11.6. The van der Waals surface area contributed by atoms with Crippen molar-refractivity contribution in [3.8, 4) is 0 Å². The first-order valence-electron chi connectivity index (χ1n) is 11.2. The molecule has 2 fully saturated rings. The lowest BCUT2D eigenvalue weighted by Gasteiger charge is -2.38. The van der Waals surface area contributed by atoms with Crippen LogP contribution >= 0.6 is 11.6 Å². The van der Waals surface area contributed by atoms with Gasteiger partial charge in [0, 0.05) is 57.6 Å². The van der Waals surface area contributed by atoms with Crippen molar-refractivity contribution >= 4 is 29.2 Å². The molecule has 0 bridgehead atoms. The number of amides is 2. The van der Waals surface area contributed by atoms with Crippen molar-refractivity contribution < 1.29 is 22.8 Å². The molecule has 2 aliphatic rings. The van der Waals surface area contributed by atoms with Crippen molar-refractivity contribution in [3.63, 3.8) is 0 Å². The zero-order valence-electron chi connectivity index (χ0n) is 18.7. The molecule has 2 amide bonds. The van der Waals surface area contributed by atoms with E-state index in [1.54, 1.807) is 17.9 Å². The van der Waals surface area contributed by atoms with E-state index < -0.39 is 11.7 Å². The fourth-order valence-electron chi connectivity index (χ4n) is 4.47. The number of likely N-dealkylation sites (tertiary alicyclic amines) is 1. The number of hydrogen-bond donors (Lipinski definition) is 1. The number of pyridine rings is 1. The summed E-state index contributed by atoms with van der Waals surface area (Å²) in [6, 6.07) is 0.893. The molecule has 4 heterocycles. The van der Waals surface area contributed by atoms with E-state index in [4.69, 9.17) is 11.6 Å². The van der Waals surface area contributed by atoms with Gasteiger partial charge in [0.1, 0.15) is 5.82 Å². The van der Waals surface area contributed by atoms with Gasteiger partial charge in [-0.2, -0.15) is 18.3 Å². The maximum absolute atomic E-state index is 13.0. The fourth-order valence-corrected chi connectivity index (χ4v) is 4.75. The summed E-state index contributed by atoms with van der Waals surface area (Å²) in [5.41, 5.74) is -0.373. The van der Waals surface area contributed by atoms with E-state index in [1.165, 1.54) is 6.20 Å². The van der Waals surface area contributed by atoms with Crippen LogP contribution in [0.1, 0.15) is 41.6 Å². The predicted molar refractivity (Wildman–Crippen MR) is 119 cm³/mol. The minimum Gasteiger partial charge on any atom is -0.355 e. The molecule has 2 aromatic rings. The van der Waals surface area contributed by atoms with Gasteiger partial charge in [-0.3, -0.25) is 14.3 Å². The molecule has 34 heavy (non-hydrogen) atoms. The van der Waals surface area contributed by atoms with E-state index in [0.717, 1.165) is 12.3 Å². The number of rotatable bonds is 4. The third kappa shape index (κ3) is 5.45. The minimum absolute atomic E-state index is 0.00601. The first kappa shape index (κ1) is 24.3. The second-order valence-corrected chi connectivity index (χ2v) is 9.17. The Labute approximate surface area is 200 Å². The Balaban J connectivity index is 1.25. The highest BCUT2D eigenvalue weighted by atomic mass is 35.5. The molecule has 1 N–H and O–H groups in total. The van der Waals surface area contributed by atoms with Crippen molar-refractivity contribution in [1.29, 1.82) is 0 Å². The summed E-state index contributed by atoms with van der Waals surface area (Å²) in [6.45, 7) is 2.13. The average molecular weight is 499 g/mol. The summed E-state index contributed by atoms with van der Waals surface area (Å²) in [7, 11) is 1.75. The van der Waals surface area contributed by atoms with Crippen molar-refractivity contribution in [3.05, 3.63) is 40.8 Å². The van der Waals surface area contributed by atoms with Crippen LogP contribution in [0.25, 0.3) is 0 Å². The van der Waals surface area contributed by atoms with E-state index >= 15 is 0 Å². The summed E-state index contributed by atoms with van der Waals surface area (Å²) in [5.74, 6) is 0.0840. The molecule has 0 aliphatic carbocycles. The number of hydrogen-bond acceptors (Lipinski definition) is 5. The Morgan fingerprint density at radius 3 is 2.32 bits per heavy atom. The minimum atomic E-state index is -4.50. The van der Waals surface area contributed by atoms with Crippen LogP contribution in [0.2, 0.25) is 5.02 Å². The quantitative estimate of drug-likeness (QED) is 0.700. The molecule has 8 nitrogen and oxygen atoms in total. The summed E-state index contributed by atoms with van der Waals surface area (Å²) in [4.78, 5) is 32.9. The fraction of sp³-hybridized carbons (Fsp3) is 0.545. The van der Waals surface area contributed by atoms with Gasteiger partial charge in [-0.15, -0.1) is 0 Å². The predicted octanol–water partition coefficient (Wildman–Crippen LogP) is 3.12. The number of aromatic nitrogens is 3. The molecule has 2 aromatic heterocycles. The number of carbonyl (C=O) groups is 2. The zero-order valence-corrected chi connectivity index (χ0v) is 19.4. The van der Waals surface area contributed by atoms with Gasteiger partial charge in [-0.05, 0) is 31.7 Å². The lowest BCUT2D eigenvalue weighted by molar-refractivity contribution is -0.138. The maximum Gasteiger partial charge on any atom is 0.417 e. The lowest BCUT2D eigenvalue weighted by Crippen LogP contribution is -2.49. The van der Waals surface area contributed by atoms with Crippen LogP contribution in [0.15, 0.2) is 24.7 Å². The molecule has 0 aromatic carbocycles. The Kier molecular flexibility index (Phi) is 7.01. The molecule has 2 aliphatic heterocycles. The van der Waals surface area contributed by atoms with Crippen LogP contribution < -0.4 is 10.2 Å². The van der Waals surface area contributed by atoms with Crippen molar-refractivity contribution in [2.75, 3.05) is 31.1 Å². The van der Waals surface area contributed by atoms with E-state index in [-0.39, 0.29) is 28.8 Å². The highest BCUT2D eigenvalue weighted by molar-refractivity contribution is 6.33. The number of piperidine rings is 2. The summed E-state index contributed by atoms with van der Waals surface area (Å²) >= 11 is 6.07. The van der Waals surface area contributed by atoms with Gasteiger partial charge >= 0.3 is 6.18 Å². The second kappa shape index (κ2) is 9.81. The van der Waals surface area contributed by atoms with E-state index in [9.17, 15) is 22.8 Å². The van der Waals surface area contributed by atoms with E-state index in [2.05, 4.69) is 15.4 Å². The number of anilines is 1. The zero-order chi connectivity index (χ0) is 24.5. The molecule has 0 spiro atoms. The Hall–Kier alpha value is -2.82. The number of halogens is 4. The molecule has 0 atom stereocenters. The summed E-state index contributed by atoms with van der Waals surface area (Å²) < 4.78 is 40.1. The van der Waals surface area contributed by atoms with Crippen LogP contribution in [0.4, 0.5) is 19.0 Å². The molecule has 4 rings (SSSR count). The molecule has 0 radical (unpaired) electrons. The monoisotopic (exact) mass is 498 g/mol. The Bertz CT molecular complexity index is 1040. The highest BCUT2D eigenvalue weighted by Gasteiger charge is 2.34. The Morgan fingerprint density at radius 1 is 1.09 bits per heavy atom. The van der Waals surface area contributed by atoms with E-state index in [0.29, 0.717) is 63.2 Å². The topological polar surface area (TPSA) is 83.4 Å². The van der Waals surface area contributed by atoms with Gasteiger partial charge in [0.2, 0.25) is 5.91 Å². The molecule has 2 saturated heterocycles. The molecular formula is C22H26ClF3N6O2. The normalized spacial score (nSPS) is 18.3. The number of nitrogens with one attached hydrogen (secondary N) is 1. The first-order chi connectivity index (χ1) is 16.1. The van der Waals surface area contributed by atoms with Crippen LogP contribution in [-0.4, -0.2) is 63.7 Å². The summed E-state index contributed by atoms with van der Waals surface area (Å²) in [5, 5.41) is 6.96. The molecule has 12 heteroatoms. The standard InChI is InChI=1S/C22H26ClF3N6O2/c1-30-13-15(11-28-30)20(33)29-17-4-8-32(9-5-17)21(34)14-2-6-31(7-3-14)19-18(23)10-16(12-27-19)22(24,25)26/h10-14,17H,2-9H2,1H3,(H,29,33). The van der Waals surface area contributed by atoms with Gasteiger partial charge in [0.25, 0.3) is 5.91 Å². The third-order valence-electron chi connectivity index (χ3n) is 6.40.